The summed E-state index contributed by atoms with van der Waals surface area (Å²) in [6.07, 6.45) is 2.21. The van der Waals surface area contributed by atoms with Gasteiger partial charge in [0.25, 0.3) is 0 Å². The third-order valence-electron chi connectivity index (χ3n) is 4.44. The number of fused-ring (bicyclic) bond motifs is 2. The quantitative estimate of drug-likeness (QED) is 0.728. The molecule has 1 atom stereocenters. The van der Waals surface area contributed by atoms with Gasteiger partial charge in [-0.3, -0.25) is 0 Å². The Bertz CT molecular complexity index is 1000. The zero-order valence-electron chi connectivity index (χ0n) is 14.3. The van der Waals surface area contributed by atoms with E-state index in [-0.39, 0.29) is 6.04 Å². The van der Waals surface area contributed by atoms with Crippen molar-refractivity contribution in [1.82, 2.24) is 9.97 Å². The van der Waals surface area contributed by atoms with Crippen molar-refractivity contribution in [3.05, 3.63) is 40.5 Å². The van der Waals surface area contributed by atoms with E-state index in [9.17, 15) is 9.90 Å². The Labute approximate surface area is 153 Å². The topological polar surface area (TPSA) is 93.6 Å². The highest BCUT2D eigenvalue weighted by atomic mass is 32.1. The molecule has 1 aromatic carbocycles. The molecule has 4 rings (SSSR count). The van der Waals surface area contributed by atoms with Crippen LogP contribution in [0.25, 0.3) is 10.2 Å². The van der Waals surface area contributed by atoms with E-state index in [2.05, 4.69) is 15.3 Å². The average Bonchev–Trinajstić information content (AvgIpc) is 2.99. The number of carboxylic acid groups (broad SMARTS) is 1. The first-order valence-electron chi connectivity index (χ1n) is 8.11. The monoisotopic (exact) mass is 371 g/mol. The predicted octanol–water partition coefficient (Wildman–Crippen LogP) is 3.12. The van der Waals surface area contributed by atoms with Crippen molar-refractivity contribution in [3.63, 3.8) is 0 Å². The van der Waals surface area contributed by atoms with Crippen LogP contribution in [0.5, 0.6) is 11.5 Å². The van der Waals surface area contributed by atoms with Gasteiger partial charge in [0.1, 0.15) is 28.5 Å². The van der Waals surface area contributed by atoms with Gasteiger partial charge in [0.15, 0.2) is 11.5 Å². The van der Waals surface area contributed by atoms with Crippen LogP contribution < -0.4 is 14.8 Å². The third-order valence-corrected chi connectivity index (χ3v) is 5.63. The number of rotatable bonds is 4. The van der Waals surface area contributed by atoms with Gasteiger partial charge in [0.05, 0.1) is 18.5 Å². The zero-order chi connectivity index (χ0) is 18.3. The lowest BCUT2D eigenvalue weighted by molar-refractivity contribution is 0.0701. The number of thiophene rings is 1. The highest BCUT2D eigenvalue weighted by Gasteiger charge is 2.25. The van der Waals surface area contributed by atoms with Gasteiger partial charge in [-0.25, -0.2) is 14.8 Å². The number of benzene rings is 1. The Balaban J connectivity index is 1.65. The lowest BCUT2D eigenvalue weighted by Crippen LogP contribution is -2.33. The molecule has 0 spiro atoms. The summed E-state index contributed by atoms with van der Waals surface area (Å²) in [5, 5.41) is 13.5. The Kier molecular flexibility index (Phi) is 4.12. The summed E-state index contributed by atoms with van der Waals surface area (Å²) in [5.41, 5.74) is 1.74. The largest absolute Gasteiger partial charge is 0.493 e. The molecule has 0 radical (unpaired) electrons. The van der Waals surface area contributed by atoms with Crippen LogP contribution in [0.2, 0.25) is 0 Å². The molecule has 2 N–H and O–H groups in total. The van der Waals surface area contributed by atoms with Gasteiger partial charge in [0, 0.05) is 5.56 Å². The Morgan fingerprint density at radius 1 is 1.42 bits per heavy atom. The summed E-state index contributed by atoms with van der Waals surface area (Å²) < 4.78 is 11.2. The summed E-state index contributed by atoms with van der Waals surface area (Å²) in [5.74, 6) is 1.19. The molecule has 1 aliphatic heterocycles. The molecular weight excluding hydrogens is 354 g/mol. The molecule has 1 aliphatic rings. The molecule has 0 aliphatic carbocycles. The van der Waals surface area contributed by atoms with E-state index in [1.54, 1.807) is 14.0 Å². The van der Waals surface area contributed by atoms with Crippen molar-refractivity contribution in [1.29, 1.82) is 0 Å². The van der Waals surface area contributed by atoms with Crippen molar-refractivity contribution in [2.45, 2.75) is 19.4 Å². The molecule has 0 fully saturated rings. The maximum Gasteiger partial charge on any atom is 0.346 e. The molecule has 3 heterocycles. The molecule has 0 saturated heterocycles. The molecule has 26 heavy (non-hydrogen) atoms. The van der Waals surface area contributed by atoms with Gasteiger partial charge in [-0.1, -0.05) is 12.1 Å². The Morgan fingerprint density at radius 2 is 2.27 bits per heavy atom. The summed E-state index contributed by atoms with van der Waals surface area (Å²) in [6, 6.07) is 5.84. The Hall–Kier alpha value is -2.87. The molecule has 3 aromatic rings. The van der Waals surface area contributed by atoms with E-state index in [1.165, 1.54) is 6.33 Å². The molecule has 0 saturated carbocycles. The van der Waals surface area contributed by atoms with Crippen molar-refractivity contribution in [3.8, 4) is 11.5 Å². The molecule has 2 aromatic heterocycles. The van der Waals surface area contributed by atoms with E-state index >= 15 is 0 Å². The Morgan fingerprint density at radius 3 is 3.04 bits per heavy atom. The van der Waals surface area contributed by atoms with E-state index in [0.29, 0.717) is 27.7 Å². The summed E-state index contributed by atoms with van der Waals surface area (Å²) in [7, 11) is 1.63. The van der Waals surface area contributed by atoms with Crippen molar-refractivity contribution >= 4 is 33.3 Å². The molecule has 0 amide bonds. The van der Waals surface area contributed by atoms with E-state index in [4.69, 9.17) is 9.47 Å². The predicted molar refractivity (Wildman–Crippen MR) is 98.7 cm³/mol. The number of anilines is 1. The zero-order valence-corrected chi connectivity index (χ0v) is 15.1. The number of nitrogens with zero attached hydrogens (tertiary/aromatic N) is 2. The number of para-hydroxylation sites is 1. The fraction of sp³-hybridized carbons (Fsp3) is 0.278. The summed E-state index contributed by atoms with van der Waals surface area (Å²) in [6.45, 7) is 2.25. The van der Waals surface area contributed by atoms with Gasteiger partial charge in [-0.2, -0.15) is 0 Å². The number of carbonyl (C=O) groups is 1. The standard InChI is InChI=1S/C18H17N3O4S/c1-9-13-16(19-8-20-17(13)26-15(9)18(22)23)21-11-6-10-4-3-5-12(24-2)14(10)25-7-11/h3-5,8,11H,6-7H2,1-2H3,(H,22,23)(H,19,20,21). The van der Waals surface area contributed by atoms with Crippen LogP contribution in [0.15, 0.2) is 24.5 Å². The third kappa shape index (κ3) is 2.72. The van der Waals surface area contributed by atoms with Gasteiger partial charge < -0.3 is 19.9 Å². The SMILES string of the molecule is COc1cccc2c1OCC(Nc1ncnc3sc(C(=O)O)c(C)c13)C2. The van der Waals surface area contributed by atoms with Gasteiger partial charge in [-0.05, 0) is 25.0 Å². The number of carboxylic acids is 1. The van der Waals surface area contributed by atoms with Crippen LogP contribution in [0.4, 0.5) is 5.82 Å². The lowest BCUT2D eigenvalue weighted by Gasteiger charge is -2.27. The van der Waals surface area contributed by atoms with Crippen molar-refractivity contribution in [2.24, 2.45) is 0 Å². The normalized spacial score (nSPS) is 16.0. The van der Waals surface area contributed by atoms with Crippen LogP contribution in [0, 0.1) is 6.92 Å². The number of hydrogen-bond donors (Lipinski definition) is 2. The minimum absolute atomic E-state index is 0.0142. The summed E-state index contributed by atoms with van der Waals surface area (Å²) >= 11 is 1.16. The fourth-order valence-electron chi connectivity index (χ4n) is 3.23. The first-order chi connectivity index (χ1) is 12.6. The van der Waals surface area contributed by atoms with Gasteiger partial charge in [-0.15, -0.1) is 11.3 Å². The van der Waals surface area contributed by atoms with Crippen LogP contribution in [-0.2, 0) is 6.42 Å². The second-order valence-corrected chi connectivity index (χ2v) is 7.07. The minimum Gasteiger partial charge on any atom is -0.493 e. The van der Waals surface area contributed by atoms with E-state index in [0.717, 1.165) is 40.2 Å². The fourth-order valence-corrected chi connectivity index (χ4v) is 4.21. The number of methoxy groups -OCH3 is 1. The maximum atomic E-state index is 11.4. The van der Waals surface area contributed by atoms with Crippen LogP contribution in [-0.4, -0.2) is 40.8 Å². The molecule has 134 valence electrons. The van der Waals surface area contributed by atoms with Crippen molar-refractivity contribution in [2.75, 3.05) is 19.0 Å². The number of aromatic nitrogens is 2. The number of aromatic carboxylic acids is 1. The van der Waals surface area contributed by atoms with Crippen LogP contribution in [0.3, 0.4) is 0 Å². The average molecular weight is 371 g/mol. The molecule has 8 heteroatoms. The molecule has 1 unspecified atom stereocenters. The summed E-state index contributed by atoms with van der Waals surface area (Å²) in [4.78, 5) is 20.9. The highest BCUT2D eigenvalue weighted by Crippen LogP contribution is 2.37. The van der Waals surface area contributed by atoms with Crippen LogP contribution in [0.1, 0.15) is 20.8 Å². The number of aryl methyl sites for hydroxylation is 1. The molecule has 0 bridgehead atoms. The first kappa shape index (κ1) is 16.6. The van der Waals surface area contributed by atoms with Gasteiger partial charge >= 0.3 is 5.97 Å². The highest BCUT2D eigenvalue weighted by molar-refractivity contribution is 7.20. The maximum absolute atomic E-state index is 11.4. The van der Waals surface area contributed by atoms with E-state index in [1.807, 2.05) is 18.2 Å². The number of hydrogen-bond acceptors (Lipinski definition) is 7. The second-order valence-electron chi connectivity index (χ2n) is 6.07. The smallest absolute Gasteiger partial charge is 0.346 e. The van der Waals surface area contributed by atoms with E-state index < -0.39 is 5.97 Å². The first-order valence-corrected chi connectivity index (χ1v) is 8.92. The second kappa shape index (κ2) is 6.45. The van der Waals surface area contributed by atoms with Crippen molar-refractivity contribution < 1.29 is 19.4 Å². The van der Waals surface area contributed by atoms with Gasteiger partial charge in [0.2, 0.25) is 0 Å². The number of nitrogens with one attached hydrogen (secondary N) is 1. The molecular formula is C18H17N3O4S. The lowest BCUT2D eigenvalue weighted by atomic mass is 10.0. The minimum atomic E-state index is -0.946. The number of ether oxygens (including phenoxy) is 2. The molecule has 7 nitrogen and oxygen atoms in total. The van der Waals surface area contributed by atoms with Crippen LogP contribution >= 0.6 is 11.3 Å².